The molecule has 0 radical (unpaired) electrons. The molecule has 2 aromatic rings. The van der Waals surface area contributed by atoms with Crippen molar-refractivity contribution in [3.05, 3.63) is 35.4 Å². The zero-order valence-corrected chi connectivity index (χ0v) is 10.7. The van der Waals surface area contributed by atoms with Gasteiger partial charge < -0.3 is 5.73 Å². The molecule has 0 aliphatic carbocycles. The maximum Gasteiger partial charge on any atom is 0.209 e. The van der Waals surface area contributed by atoms with E-state index in [9.17, 15) is 0 Å². The van der Waals surface area contributed by atoms with Crippen LogP contribution in [0.1, 0.15) is 17.2 Å². The molecule has 1 heterocycles. The first-order chi connectivity index (χ1) is 8.18. The number of hydrogen-bond donors (Lipinski definition) is 1. The van der Waals surface area contributed by atoms with Gasteiger partial charge in [0, 0.05) is 18.8 Å². The number of aromatic nitrogens is 4. The van der Waals surface area contributed by atoms with Crippen LogP contribution in [-0.4, -0.2) is 26.0 Å². The number of aryl methyl sites for hydroxylation is 2. The Bertz CT molecular complexity index is 496. The lowest BCUT2D eigenvalue weighted by Gasteiger charge is -2.13. The van der Waals surface area contributed by atoms with Gasteiger partial charge in [0.25, 0.3) is 0 Å². The van der Waals surface area contributed by atoms with E-state index in [0.717, 1.165) is 10.9 Å². The Morgan fingerprint density at radius 2 is 2.18 bits per heavy atom. The fraction of sp³-hybridized carbons (Fsp3) is 0.364. The Hall–Kier alpha value is -1.40. The van der Waals surface area contributed by atoms with Crippen molar-refractivity contribution in [2.75, 3.05) is 5.75 Å². The van der Waals surface area contributed by atoms with Crippen LogP contribution >= 0.6 is 11.8 Å². The van der Waals surface area contributed by atoms with E-state index >= 15 is 0 Å². The minimum atomic E-state index is -0.00194. The van der Waals surface area contributed by atoms with E-state index in [1.165, 1.54) is 11.1 Å². The highest BCUT2D eigenvalue weighted by atomic mass is 32.2. The second-order valence-corrected chi connectivity index (χ2v) is 4.85. The van der Waals surface area contributed by atoms with Gasteiger partial charge >= 0.3 is 0 Å². The third-order valence-corrected chi connectivity index (χ3v) is 3.69. The van der Waals surface area contributed by atoms with Crippen molar-refractivity contribution in [2.45, 2.75) is 18.1 Å². The van der Waals surface area contributed by atoms with Crippen LogP contribution in [0.15, 0.2) is 29.4 Å². The molecule has 1 atom stereocenters. The number of nitrogens with zero attached hydrogens (tertiary/aromatic N) is 4. The van der Waals surface area contributed by atoms with E-state index in [4.69, 9.17) is 5.73 Å². The first-order valence-electron chi connectivity index (χ1n) is 5.34. The zero-order valence-electron chi connectivity index (χ0n) is 9.87. The molecule has 0 aliphatic heterocycles. The zero-order chi connectivity index (χ0) is 12.3. The van der Waals surface area contributed by atoms with Crippen molar-refractivity contribution in [1.29, 1.82) is 0 Å². The highest BCUT2D eigenvalue weighted by Gasteiger charge is 2.11. The minimum absolute atomic E-state index is 0.00194. The number of nitrogens with two attached hydrogens (primary N) is 1. The second-order valence-electron chi connectivity index (χ2n) is 3.86. The van der Waals surface area contributed by atoms with Gasteiger partial charge in [0.05, 0.1) is 0 Å². The molecule has 2 N–H and O–H groups in total. The van der Waals surface area contributed by atoms with E-state index < -0.39 is 0 Å². The predicted octanol–water partition coefficient (Wildman–Crippen LogP) is 1.31. The predicted molar refractivity (Wildman–Crippen MR) is 67.6 cm³/mol. The molecule has 0 fully saturated rings. The standard InChI is InChI=1S/C11H15N5S/c1-8-5-3-4-6-9(8)10(12)7-17-11-13-14-15-16(11)2/h3-6,10H,7,12H2,1-2H3. The summed E-state index contributed by atoms with van der Waals surface area (Å²) in [5.74, 6) is 0.763. The van der Waals surface area contributed by atoms with Crippen molar-refractivity contribution in [2.24, 2.45) is 12.8 Å². The Labute approximate surface area is 104 Å². The van der Waals surface area contributed by atoms with Gasteiger partial charge in [-0.2, -0.15) is 0 Å². The number of thioether (sulfide) groups is 1. The maximum atomic E-state index is 6.16. The molecular weight excluding hydrogens is 234 g/mol. The number of hydrogen-bond acceptors (Lipinski definition) is 5. The van der Waals surface area contributed by atoms with Crippen LogP contribution in [0.4, 0.5) is 0 Å². The van der Waals surface area contributed by atoms with Gasteiger partial charge in [-0.05, 0) is 28.5 Å². The molecule has 1 aromatic carbocycles. The van der Waals surface area contributed by atoms with Crippen molar-refractivity contribution in [3.63, 3.8) is 0 Å². The Morgan fingerprint density at radius 3 is 2.82 bits per heavy atom. The maximum absolute atomic E-state index is 6.16. The van der Waals surface area contributed by atoms with Crippen molar-refractivity contribution < 1.29 is 0 Å². The largest absolute Gasteiger partial charge is 0.323 e. The second kappa shape index (κ2) is 5.29. The first-order valence-corrected chi connectivity index (χ1v) is 6.33. The third kappa shape index (κ3) is 2.83. The molecule has 0 aliphatic rings. The van der Waals surface area contributed by atoms with Crippen molar-refractivity contribution in [3.8, 4) is 0 Å². The fourth-order valence-electron chi connectivity index (χ4n) is 1.60. The summed E-state index contributed by atoms with van der Waals surface area (Å²) in [5.41, 5.74) is 8.56. The van der Waals surface area contributed by atoms with Crippen LogP contribution in [0, 0.1) is 6.92 Å². The van der Waals surface area contributed by atoms with Gasteiger partial charge in [-0.25, -0.2) is 4.68 Å². The lowest BCUT2D eigenvalue weighted by molar-refractivity contribution is 0.663. The molecule has 2 rings (SSSR count). The fourth-order valence-corrected chi connectivity index (χ4v) is 2.43. The van der Waals surface area contributed by atoms with Gasteiger partial charge in [-0.1, -0.05) is 36.0 Å². The van der Waals surface area contributed by atoms with Crippen molar-refractivity contribution >= 4 is 11.8 Å². The molecule has 17 heavy (non-hydrogen) atoms. The molecule has 0 saturated heterocycles. The normalized spacial score (nSPS) is 12.6. The average Bonchev–Trinajstić information content (AvgIpc) is 2.72. The van der Waals surface area contributed by atoms with E-state index in [-0.39, 0.29) is 6.04 Å². The highest BCUT2D eigenvalue weighted by molar-refractivity contribution is 7.99. The van der Waals surface area contributed by atoms with Crippen molar-refractivity contribution in [1.82, 2.24) is 20.2 Å². The minimum Gasteiger partial charge on any atom is -0.323 e. The SMILES string of the molecule is Cc1ccccc1C(N)CSc1nnnn1C. The lowest BCUT2D eigenvalue weighted by Crippen LogP contribution is -2.14. The summed E-state index contributed by atoms with van der Waals surface area (Å²) in [7, 11) is 1.82. The van der Waals surface area contributed by atoms with E-state index in [1.54, 1.807) is 16.4 Å². The van der Waals surface area contributed by atoms with Crippen LogP contribution in [0.3, 0.4) is 0 Å². The Morgan fingerprint density at radius 1 is 1.41 bits per heavy atom. The van der Waals surface area contributed by atoms with Crippen LogP contribution in [0.25, 0.3) is 0 Å². The first kappa shape index (κ1) is 12.1. The summed E-state index contributed by atoms with van der Waals surface area (Å²) in [6.45, 7) is 2.07. The summed E-state index contributed by atoms with van der Waals surface area (Å²) in [4.78, 5) is 0. The summed E-state index contributed by atoms with van der Waals surface area (Å²) < 4.78 is 1.65. The molecule has 1 unspecified atom stereocenters. The third-order valence-electron chi connectivity index (χ3n) is 2.56. The molecule has 1 aromatic heterocycles. The monoisotopic (exact) mass is 249 g/mol. The Kier molecular flexibility index (Phi) is 3.75. The van der Waals surface area contributed by atoms with E-state index in [2.05, 4.69) is 34.6 Å². The smallest absolute Gasteiger partial charge is 0.209 e. The molecule has 5 nitrogen and oxygen atoms in total. The quantitative estimate of drug-likeness (QED) is 0.827. The van der Waals surface area contributed by atoms with Gasteiger partial charge in [0.2, 0.25) is 5.16 Å². The molecule has 0 amide bonds. The molecule has 0 spiro atoms. The number of rotatable bonds is 4. The average molecular weight is 249 g/mol. The topological polar surface area (TPSA) is 69.6 Å². The molecular formula is C11H15N5S. The summed E-state index contributed by atoms with van der Waals surface area (Å²) in [5, 5.41) is 12.1. The number of tetrazole rings is 1. The van der Waals surface area contributed by atoms with Gasteiger partial charge in [-0.3, -0.25) is 0 Å². The van der Waals surface area contributed by atoms with Gasteiger partial charge in [-0.15, -0.1) is 5.10 Å². The van der Waals surface area contributed by atoms with Crippen LogP contribution < -0.4 is 5.73 Å². The van der Waals surface area contributed by atoms with Gasteiger partial charge in [0.1, 0.15) is 0 Å². The Balaban J connectivity index is 2.01. The molecule has 90 valence electrons. The van der Waals surface area contributed by atoms with Crippen LogP contribution in [-0.2, 0) is 7.05 Å². The van der Waals surface area contributed by atoms with E-state index in [1.807, 2.05) is 19.2 Å². The highest BCUT2D eigenvalue weighted by Crippen LogP contribution is 2.22. The summed E-state index contributed by atoms with van der Waals surface area (Å²) in [6, 6.07) is 8.17. The summed E-state index contributed by atoms with van der Waals surface area (Å²) >= 11 is 1.57. The molecule has 0 bridgehead atoms. The van der Waals surface area contributed by atoms with Gasteiger partial charge in [0.15, 0.2) is 0 Å². The summed E-state index contributed by atoms with van der Waals surface area (Å²) in [6.07, 6.45) is 0. The lowest BCUT2D eigenvalue weighted by atomic mass is 10.0. The number of benzene rings is 1. The van der Waals surface area contributed by atoms with Crippen LogP contribution in [0.5, 0.6) is 0 Å². The van der Waals surface area contributed by atoms with Crippen LogP contribution in [0.2, 0.25) is 0 Å². The molecule has 0 saturated carbocycles. The molecule has 6 heteroatoms. The van der Waals surface area contributed by atoms with E-state index in [0.29, 0.717) is 0 Å².